The Morgan fingerprint density at radius 3 is 2.55 bits per heavy atom. The van der Waals surface area contributed by atoms with Gasteiger partial charge in [-0.2, -0.15) is 0 Å². The fourth-order valence-corrected chi connectivity index (χ4v) is 2.35. The van der Waals surface area contributed by atoms with E-state index in [2.05, 4.69) is 10.5 Å². The molecule has 20 heavy (non-hydrogen) atoms. The molecule has 0 atom stereocenters. The lowest BCUT2D eigenvalue weighted by Gasteiger charge is -2.32. The van der Waals surface area contributed by atoms with Gasteiger partial charge >= 0.3 is 0 Å². The summed E-state index contributed by atoms with van der Waals surface area (Å²) in [7, 11) is 0. The topological polar surface area (TPSA) is 75.4 Å². The van der Waals surface area contributed by atoms with Crippen molar-refractivity contribution in [3.63, 3.8) is 0 Å². The summed E-state index contributed by atoms with van der Waals surface area (Å²) in [6.45, 7) is 6.92. The van der Waals surface area contributed by atoms with E-state index in [-0.39, 0.29) is 23.7 Å². The number of nitrogens with one attached hydrogen (secondary N) is 1. The van der Waals surface area contributed by atoms with Crippen molar-refractivity contribution in [1.29, 1.82) is 0 Å². The van der Waals surface area contributed by atoms with Crippen LogP contribution in [0.3, 0.4) is 0 Å². The molecule has 0 radical (unpaired) electrons. The SMILES string of the molecule is Cc1conc1NC(=O)C1CCN(C(=O)C(C)C)CC1. The van der Waals surface area contributed by atoms with Gasteiger partial charge in [0.05, 0.1) is 0 Å². The number of piperidine rings is 1. The molecule has 2 heterocycles. The minimum Gasteiger partial charge on any atom is -0.362 e. The molecular formula is C14H21N3O3. The molecule has 0 spiro atoms. The van der Waals surface area contributed by atoms with Gasteiger partial charge in [-0.25, -0.2) is 0 Å². The highest BCUT2D eigenvalue weighted by Gasteiger charge is 2.28. The van der Waals surface area contributed by atoms with Gasteiger partial charge in [0.25, 0.3) is 0 Å². The average Bonchev–Trinajstić information content (AvgIpc) is 2.83. The van der Waals surface area contributed by atoms with Crippen LogP contribution in [0.2, 0.25) is 0 Å². The number of hydrogen-bond donors (Lipinski definition) is 1. The Kier molecular flexibility index (Phi) is 4.42. The lowest BCUT2D eigenvalue weighted by Crippen LogP contribution is -2.43. The molecular weight excluding hydrogens is 258 g/mol. The first-order valence-corrected chi connectivity index (χ1v) is 6.99. The molecule has 6 nitrogen and oxygen atoms in total. The van der Waals surface area contributed by atoms with Crippen molar-refractivity contribution in [2.45, 2.75) is 33.6 Å². The van der Waals surface area contributed by atoms with Crippen LogP contribution in [-0.2, 0) is 9.59 Å². The maximum atomic E-state index is 12.1. The van der Waals surface area contributed by atoms with Crippen molar-refractivity contribution in [3.8, 4) is 0 Å². The number of amides is 2. The van der Waals surface area contributed by atoms with Crippen LogP contribution in [0.15, 0.2) is 10.8 Å². The molecule has 0 unspecified atom stereocenters. The van der Waals surface area contributed by atoms with Crippen molar-refractivity contribution in [2.75, 3.05) is 18.4 Å². The summed E-state index contributed by atoms with van der Waals surface area (Å²) in [5.74, 6) is 0.547. The molecule has 1 aliphatic heterocycles. The van der Waals surface area contributed by atoms with E-state index < -0.39 is 0 Å². The lowest BCUT2D eigenvalue weighted by molar-refractivity contribution is -0.137. The Balaban J connectivity index is 1.86. The lowest BCUT2D eigenvalue weighted by atomic mass is 9.95. The van der Waals surface area contributed by atoms with Gasteiger partial charge in [-0.05, 0) is 19.8 Å². The maximum Gasteiger partial charge on any atom is 0.228 e. The predicted octanol–water partition coefficient (Wildman–Crippen LogP) is 1.82. The molecule has 0 aliphatic carbocycles. The number of aryl methyl sites for hydroxylation is 1. The summed E-state index contributed by atoms with van der Waals surface area (Å²) in [5, 5.41) is 6.52. The highest BCUT2D eigenvalue weighted by atomic mass is 16.5. The fraction of sp³-hybridized carbons (Fsp3) is 0.643. The first-order chi connectivity index (χ1) is 9.49. The number of carbonyl (C=O) groups is 2. The van der Waals surface area contributed by atoms with Gasteiger partial charge in [0.15, 0.2) is 5.82 Å². The summed E-state index contributed by atoms with van der Waals surface area (Å²) in [6, 6.07) is 0. The number of rotatable bonds is 3. The largest absolute Gasteiger partial charge is 0.362 e. The number of anilines is 1. The average molecular weight is 279 g/mol. The van der Waals surface area contributed by atoms with Crippen LogP contribution in [0.1, 0.15) is 32.3 Å². The van der Waals surface area contributed by atoms with Gasteiger partial charge in [0.2, 0.25) is 11.8 Å². The summed E-state index contributed by atoms with van der Waals surface area (Å²) < 4.78 is 4.79. The molecule has 0 saturated carbocycles. The Morgan fingerprint density at radius 2 is 2.05 bits per heavy atom. The predicted molar refractivity (Wildman–Crippen MR) is 74.0 cm³/mol. The van der Waals surface area contributed by atoms with E-state index in [1.54, 1.807) is 0 Å². The highest BCUT2D eigenvalue weighted by Crippen LogP contribution is 2.21. The van der Waals surface area contributed by atoms with E-state index in [1.165, 1.54) is 6.26 Å². The molecule has 0 bridgehead atoms. The van der Waals surface area contributed by atoms with Gasteiger partial charge in [-0.1, -0.05) is 19.0 Å². The molecule has 1 aromatic rings. The Morgan fingerprint density at radius 1 is 1.40 bits per heavy atom. The minimum atomic E-state index is -0.0673. The van der Waals surface area contributed by atoms with Crippen LogP contribution < -0.4 is 5.32 Å². The van der Waals surface area contributed by atoms with E-state index in [1.807, 2.05) is 25.7 Å². The monoisotopic (exact) mass is 279 g/mol. The van der Waals surface area contributed by atoms with Gasteiger partial charge in [-0.15, -0.1) is 0 Å². The molecule has 1 fully saturated rings. The summed E-state index contributed by atoms with van der Waals surface area (Å²) in [5.41, 5.74) is 0.811. The smallest absolute Gasteiger partial charge is 0.228 e. The third kappa shape index (κ3) is 3.18. The third-order valence-corrected chi connectivity index (χ3v) is 3.66. The Hall–Kier alpha value is -1.85. The molecule has 1 aliphatic rings. The zero-order valence-electron chi connectivity index (χ0n) is 12.2. The van der Waals surface area contributed by atoms with Crippen LogP contribution >= 0.6 is 0 Å². The van der Waals surface area contributed by atoms with Crippen molar-refractivity contribution in [1.82, 2.24) is 10.1 Å². The van der Waals surface area contributed by atoms with Crippen LogP contribution in [-0.4, -0.2) is 35.0 Å². The second kappa shape index (κ2) is 6.07. The van der Waals surface area contributed by atoms with Gasteiger partial charge in [-0.3, -0.25) is 9.59 Å². The Labute approximate surface area is 118 Å². The van der Waals surface area contributed by atoms with Gasteiger partial charge in [0, 0.05) is 30.5 Å². The van der Waals surface area contributed by atoms with E-state index in [9.17, 15) is 9.59 Å². The standard InChI is InChI=1S/C14H21N3O3/c1-9(2)14(19)17-6-4-11(5-7-17)13(18)15-12-10(3)8-20-16-12/h8-9,11H,4-7H2,1-3H3,(H,15,16,18). The summed E-state index contributed by atoms with van der Waals surface area (Å²) in [6.07, 6.45) is 2.89. The van der Waals surface area contributed by atoms with E-state index in [4.69, 9.17) is 4.52 Å². The number of carbonyl (C=O) groups excluding carboxylic acids is 2. The minimum absolute atomic E-state index is 0.0122. The highest BCUT2D eigenvalue weighted by molar-refractivity contribution is 5.92. The summed E-state index contributed by atoms with van der Waals surface area (Å²) in [4.78, 5) is 25.9. The Bertz CT molecular complexity index is 488. The van der Waals surface area contributed by atoms with Crippen LogP contribution in [0.5, 0.6) is 0 Å². The van der Waals surface area contributed by atoms with Crippen molar-refractivity contribution >= 4 is 17.6 Å². The third-order valence-electron chi connectivity index (χ3n) is 3.66. The number of hydrogen-bond acceptors (Lipinski definition) is 4. The first-order valence-electron chi connectivity index (χ1n) is 6.99. The zero-order chi connectivity index (χ0) is 14.7. The normalized spacial score (nSPS) is 16.5. The van der Waals surface area contributed by atoms with E-state index in [0.717, 1.165) is 5.56 Å². The van der Waals surface area contributed by atoms with Crippen molar-refractivity contribution < 1.29 is 14.1 Å². The maximum absolute atomic E-state index is 12.1. The quantitative estimate of drug-likeness (QED) is 0.915. The zero-order valence-corrected chi connectivity index (χ0v) is 12.2. The summed E-state index contributed by atoms with van der Waals surface area (Å²) >= 11 is 0. The molecule has 6 heteroatoms. The van der Waals surface area contributed by atoms with Gasteiger partial charge < -0.3 is 14.7 Å². The molecule has 0 aromatic carbocycles. The van der Waals surface area contributed by atoms with Gasteiger partial charge in [0.1, 0.15) is 6.26 Å². The molecule has 1 N–H and O–H groups in total. The van der Waals surface area contributed by atoms with Crippen LogP contribution in [0, 0.1) is 18.8 Å². The molecule has 2 amide bonds. The number of aromatic nitrogens is 1. The van der Waals surface area contributed by atoms with Crippen molar-refractivity contribution in [2.24, 2.45) is 11.8 Å². The second-order valence-corrected chi connectivity index (χ2v) is 5.59. The molecule has 1 saturated heterocycles. The van der Waals surface area contributed by atoms with Crippen molar-refractivity contribution in [3.05, 3.63) is 11.8 Å². The second-order valence-electron chi connectivity index (χ2n) is 5.59. The van der Waals surface area contributed by atoms with Crippen LogP contribution in [0.25, 0.3) is 0 Å². The van der Waals surface area contributed by atoms with E-state index in [0.29, 0.717) is 31.7 Å². The number of likely N-dealkylation sites (tertiary alicyclic amines) is 1. The fourth-order valence-electron chi connectivity index (χ4n) is 2.35. The number of nitrogens with zero attached hydrogens (tertiary/aromatic N) is 2. The van der Waals surface area contributed by atoms with E-state index >= 15 is 0 Å². The molecule has 2 rings (SSSR count). The molecule has 110 valence electrons. The van der Waals surface area contributed by atoms with Crippen LogP contribution in [0.4, 0.5) is 5.82 Å². The first kappa shape index (κ1) is 14.6. The molecule has 1 aromatic heterocycles.